The summed E-state index contributed by atoms with van der Waals surface area (Å²) >= 11 is 7.56. The van der Waals surface area contributed by atoms with Gasteiger partial charge in [-0.1, -0.05) is 23.7 Å². The lowest BCUT2D eigenvalue weighted by Crippen LogP contribution is -2.15. The molecule has 0 amide bonds. The number of benzene rings is 1. The van der Waals surface area contributed by atoms with E-state index in [1.54, 1.807) is 13.0 Å². The van der Waals surface area contributed by atoms with Crippen LogP contribution >= 0.6 is 23.4 Å². The number of aromatic nitrogens is 1. The minimum absolute atomic E-state index is 0.0296. The Morgan fingerprint density at radius 1 is 1.23 bits per heavy atom. The first-order chi connectivity index (χ1) is 10.3. The summed E-state index contributed by atoms with van der Waals surface area (Å²) in [6.07, 6.45) is 0. The van der Waals surface area contributed by atoms with Crippen molar-refractivity contribution in [2.24, 2.45) is 0 Å². The largest absolute Gasteiger partial charge is 0.355 e. The third kappa shape index (κ3) is 3.28. The second-order valence-corrected chi connectivity index (χ2v) is 7.03. The van der Waals surface area contributed by atoms with Gasteiger partial charge in [0.2, 0.25) is 0 Å². The lowest BCUT2D eigenvalue weighted by molar-refractivity contribution is 0.0988. The molecule has 0 radical (unpaired) electrons. The van der Waals surface area contributed by atoms with Crippen LogP contribution in [0.2, 0.25) is 5.02 Å². The number of carbonyl (C=O) groups is 2. The molecule has 0 aliphatic heterocycles. The molecule has 0 saturated heterocycles. The highest BCUT2D eigenvalue weighted by Gasteiger charge is 2.24. The second kappa shape index (κ2) is 6.71. The Bertz CT molecular complexity index is 736. The van der Waals surface area contributed by atoms with Gasteiger partial charge in [-0.05, 0) is 45.4 Å². The number of halogens is 1. The number of nitrogens with one attached hydrogen (secondary N) is 1. The van der Waals surface area contributed by atoms with Gasteiger partial charge in [0.1, 0.15) is 0 Å². The van der Waals surface area contributed by atoms with Crippen LogP contribution in [0.15, 0.2) is 29.2 Å². The summed E-state index contributed by atoms with van der Waals surface area (Å²) in [7, 11) is 0. The molecule has 1 N–H and O–H groups in total. The third-order valence-electron chi connectivity index (χ3n) is 3.55. The Morgan fingerprint density at radius 2 is 1.86 bits per heavy atom. The van der Waals surface area contributed by atoms with Crippen LogP contribution in [0.5, 0.6) is 0 Å². The van der Waals surface area contributed by atoms with E-state index in [4.69, 9.17) is 11.6 Å². The zero-order valence-electron chi connectivity index (χ0n) is 13.0. The van der Waals surface area contributed by atoms with Crippen LogP contribution in [0.3, 0.4) is 0 Å². The molecule has 0 fully saturated rings. The number of carbonyl (C=O) groups excluding carboxylic acids is 2. The van der Waals surface area contributed by atoms with Gasteiger partial charge in [-0.3, -0.25) is 9.59 Å². The standard InChI is InChI=1S/C17H18ClNO2S/c1-9-15(11(3)20)10(2)19-16(9)17(21)12(4)22-14-8-6-5-7-13(14)18/h5-8,12,19H,1-4H3/t12-/m0/s1. The van der Waals surface area contributed by atoms with Crippen LogP contribution in [-0.4, -0.2) is 21.8 Å². The van der Waals surface area contributed by atoms with Crippen molar-refractivity contribution in [3.63, 3.8) is 0 Å². The number of aromatic amines is 1. The minimum Gasteiger partial charge on any atom is -0.355 e. The van der Waals surface area contributed by atoms with Crippen LogP contribution in [0.1, 0.15) is 46.0 Å². The number of H-pyrrole nitrogens is 1. The third-order valence-corrected chi connectivity index (χ3v) is 5.16. The number of thioether (sulfide) groups is 1. The van der Waals surface area contributed by atoms with Gasteiger partial charge < -0.3 is 4.98 Å². The van der Waals surface area contributed by atoms with Gasteiger partial charge in [-0.2, -0.15) is 0 Å². The summed E-state index contributed by atoms with van der Waals surface area (Å²) in [6.45, 7) is 6.98. The normalized spacial score (nSPS) is 12.2. The van der Waals surface area contributed by atoms with Crippen LogP contribution in [-0.2, 0) is 0 Å². The molecule has 1 heterocycles. The Balaban J connectivity index is 2.27. The molecule has 0 saturated carbocycles. The fraction of sp³-hybridized carbons (Fsp3) is 0.294. The number of rotatable bonds is 5. The van der Waals surface area contributed by atoms with Crippen molar-refractivity contribution in [1.29, 1.82) is 0 Å². The molecule has 0 unspecified atom stereocenters. The monoisotopic (exact) mass is 335 g/mol. The Hall–Kier alpha value is -1.52. The number of hydrogen-bond donors (Lipinski definition) is 1. The molecule has 0 aliphatic rings. The number of ketones is 2. The molecular formula is C17H18ClNO2S. The fourth-order valence-corrected chi connectivity index (χ4v) is 3.72. The van der Waals surface area contributed by atoms with Gasteiger partial charge >= 0.3 is 0 Å². The zero-order valence-corrected chi connectivity index (χ0v) is 14.6. The number of Topliss-reactive ketones (excluding diaryl/α,β-unsaturated/α-hetero) is 2. The van der Waals surface area contributed by atoms with Gasteiger partial charge in [0, 0.05) is 16.2 Å². The quantitative estimate of drug-likeness (QED) is 0.627. The maximum Gasteiger partial charge on any atom is 0.192 e. The maximum absolute atomic E-state index is 12.7. The molecule has 2 aromatic rings. The molecule has 22 heavy (non-hydrogen) atoms. The highest BCUT2D eigenvalue weighted by Crippen LogP contribution is 2.32. The predicted molar refractivity (Wildman–Crippen MR) is 91.4 cm³/mol. The van der Waals surface area contributed by atoms with E-state index in [2.05, 4.69) is 4.98 Å². The smallest absolute Gasteiger partial charge is 0.192 e. The van der Waals surface area contributed by atoms with E-state index in [0.717, 1.165) is 16.2 Å². The molecule has 1 aromatic heterocycles. The van der Waals surface area contributed by atoms with Gasteiger partial charge in [-0.15, -0.1) is 11.8 Å². The van der Waals surface area contributed by atoms with Crippen LogP contribution in [0, 0.1) is 13.8 Å². The van der Waals surface area contributed by atoms with Gasteiger partial charge in [-0.25, -0.2) is 0 Å². The van der Waals surface area contributed by atoms with Crippen molar-refractivity contribution < 1.29 is 9.59 Å². The predicted octanol–water partition coefficient (Wildman–Crippen LogP) is 4.85. The summed E-state index contributed by atoms with van der Waals surface area (Å²) in [5.41, 5.74) is 2.58. The number of aryl methyl sites for hydroxylation is 1. The van der Waals surface area contributed by atoms with Crippen molar-refractivity contribution in [3.05, 3.63) is 51.8 Å². The van der Waals surface area contributed by atoms with Crippen molar-refractivity contribution in [1.82, 2.24) is 4.98 Å². The molecule has 0 spiro atoms. The Labute approximate surface area is 139 Å². The van der Waals surface area contributed by atoms with Gasteiger partial charge in [0.05, 0.1) is 16.0 Å². The topological polar surface area (TPSA) is 49.9 Å². The molecule has 5 heteroatoms. The lowest BCUT2D eigenvalue weighted by Gasteiger charge is -2.11. The van der Waals surface area contributed by atoms with Crippen LogP contribution < -0.4 is 0 Å². The first-order valence-corrected chi connectivity index (χ1v) is 8.24. The highest BCUT2D eigenvalue weighted by atomic mass is 35.5. The zero-order chi connectivity index (χ0) is 16.4. The van der Waals surface area contributed by atoms with Crippen molar-refractivity contribution in [2.45, 2.75) is 37.8 Å². The maximum atomic E-state index is 12.7. The fourth-order valence-electron chi connectivity index (χ4n) is 2.51. The van der Waals surface area contributed by atoms with E-state index in [-0.39, 0.29) is 16.8 Å². The summed E-state index contributed by atoms with van der Waals surface area (Å²) in [5, 5.41) is 0.340. The van der Waals surface area contributed by atoms with Crippen molar-refractivity contribution in [2.75, 3.05) is 0 Å². The Morgan fingerprint density at radius 3 is 2.41 bits per heavy atom. The second-order valence-electron chi connectivity index (χ2n) is 5.24. The van der Waals surface area contributed by atoms with E-state index in [1.807, 2.05) is 32.0 Å². The van der Waals surface area contributed by atoms with E-state index < -0.39 is 0 Å². The molecule has 116 valence electrons. The highest BCUT2D eigenvalue weighted by molar-refractivity contribution is 8.00. The molecule has 1 aromatic carbocycles. The summed E-state index contributed by atoms with van der Waals surface area (Å²) < 4.78 is 0. The van der Waals surface area contributed by atoms with E-state index in [1.165, 1.54) is 18.7 Å². The average Bonchev–Trinajstić information content (AvgIpc) is 2.75. The molecule has 1 atom stereocenters. The van der Waals surface area contributed by atoms with Gasteiger partial charge in [0.15, 0.2) is 11.6 Å². The average molecular weight is 336 g/mol. The molecular weight excluding hydrogens is 318 g/mol. The first kappa shape index (κ1) is 16.8. The molecule has 3 nitrogen and oxygen atoms in total. The SMILES string of the molecule is CC(=O)c1c(C)[nH]c(C(=O)[C@H](C)Sc2ccccc2Cl)c1C. The molecule has 2 rings (SSSR count). The van der Waals surface area contributed by atoms with E-state index >= 15 is 0 Å². The van der Waals surface area contributed by atoms with Crippen molar-refractivity contribution >= 4 is 34.9 Å². The minimum atomic E-state index is -0.295. The first-order valence-electron chi connectivity index (χ1n) is 6.98. The summed E-state index contributed by atoms with van der Waals surface area (Å²) in [6, 6.07) is 7.45. The van der Waals surface area contributed by atoms with Crippen LogP contribution in [0.4, 0.5) is 0 Å². The van der Waals surface area contributed by atoms with Gasteiger partial charge in [0.25, 0.3) is 0 Å². The summed E-state index contributed by atoms with van der Waals surface area (Å²) in [4.78, 5) is 28.3. The molecule has 0 bridgehead atoms. The van der Waals surface area contributed by atoms with E-state index in [9.17, 15) is 9.59 Å². The lowest BCUT2D eigenvalue weighted by atomic mass is 10.0. The van der Waals surface area contributed by atoms with Crippen LogP contribution in [0.25, 0.3) is 0 Å². The molecule has 0 aliphatic carbocycles. The number of hydrogen-bond acceptors (Lipinski definition) is 3. The van der Waals surface area contributed by atoms with E-state index in [0.29, 0.717) is 16.3 Å². The van der Waals surface area contributed by atoms with Crippen molar-refractivity contribution in [3.8, 4) is 0 Å². The summed E-state index contributed by atoms with van der Waals surface area (Å²) in [5.74, 6) is -0.0604. The Kier molecular flexibility index (Phi) is 5.14.